The van der Waals surface area contributed by atoms with Gasteiger partial charge in [-0.3, -0.25) is 14.9 Å². The minimum atomic E-state index is -0.692. The molecule has 3 N–H and O–H groups in total. The van der Waals surface area contributed by atoms with Gasteiger partial charge in [0.1, 0.15) is 12.4 Å². The van der Waals surface area contributed by atoms with E-state index in [1.807, 2.05) is 30.3 Å². The normalized spacial score (nSPS) is 12.0. The van der Waals surface area contributed by atoms with Gasteiger partial charge in [-0.1, -0.05) is 30.3 Å². The third-order valence-corrected chi connectivity index (χ3v) is 2.64. The van der Waals surface area contributed by atoms with Crippen LogP contribution in [0.1, 0.15) is 12.5 Å². The van der Waals surface area contributed by atoms with Gasteiger partial charge in [-0.2, -0.15) is 10.1 Å². The van der Waals surface area contributed by atoms with E-state index in [-0.39, 0.29) is 17.8 Å². The van der Waals surface area contributed by atoms with Crippen molar-refractivity contribution in [2.24, 2.45) is 0 Å². The molecule has 0 fully saturated rings. The molecule has 0 bridgehead atoms. The Balaban J connectivity index is 1.84. The zero-order valence-corrected chi connectivity index (χ0v) is 11.4. The van der Waals surface area contributed by atoms with E-state index < -0.39 is 6.04 Å². The Morgan fingerprint density at radius 1 is 1.29 bits per heavy atom. The predicted molar refractivity (Wildman–Crippen MR) is 78.1 cm³/mol. The maximum absolute atomic E-state index is 11.8. The molecule has 0 spiro atoms. The SMILES string of the molecule is CC(NC(=O)C=Cc1ccccc1)C(=O)Nc1ncn[nH]1. The van der Waals surface area contributed by atoms with Crippen LogP contribution in [0.15, 0.2) is 42.7 Å². The average Bonchev–Trinajstić information content (AvgIpc) is 2.99. The standard InChI is InChI=1S/C14H15N5O2/c1-10(13(21)18-14-15-9-16-19-14)17-12(20)8-7-11-5-3-2-4-6-11/h2-10H,1H3,(H,17,20)(H2,15,16,18,19,21). The van der Waals surface area contributed by atoms with Crippen LogP contribution in [-0.4, -0.2) is 33.0 Å². The number of hydrogen-bond acceptors (Lipinski definition) is 4. The molecule has 0 radical (unpaired) electrons. The highest BCUT2D eigenvalue weighted by molar-refractivity contribution is 5.99. The van der Waals surface area contributed by atoms with Gasteiger partial charge in [0.05, 0.1) is 0 Å². The molecule has 2 aromatic rings. The second-order valence-electron chi connectivity index (χ2n) is 4.30. The van der Waals surface area contributed by atoms with Crippen molar-refractivity contribution >= 4 is 23.8 Å². The number of carbonyl (C=O) groups is 2. The summed E-state index contributed by atoms with van der Waals surface area (Å²) in [5.41, 5.74) is 0.909. The molecule has 0 aliphatic carbocycles. The number of carbonyl (C=O) groups excluding carboxylic acids is 2. The number of aromatic nitrogens is 3. The van der Waals surface area contributed by atoms with Gasteiger partial charge in [0.25, 0.3) is 0 Å². The summed E-state index contributed by atoms with van der Waals surface area (Å²) in [6.07, 6.45) is 4.34. The van der Waals surface area contributed by atoms with Gasteiger partial charge in [-0.25, -0.2) is 5.10 Å². The van der Waals surface area contributed by atoms with Crippen LogP contribution >= 0.6 is 0 Å². The van der Waals surface area contributed by atoms with Crippen LogP contribution in [0.4, 0.5) is 5.95 Å². The Morgan fingerprint density at radius 3 is 2.71 bits per heavy atom. The number of hydrogen-bond donors (Lipinski definition) is 3. The molecule has 7 nitrogen and oxygen atoms in total. The molecule has 1 atom stereocenters. The summed E-state index contributed by atoms with van der Waals surface area (Å²) < 4.78 is 0. The molecule has 21 heavy (non-hydrogen) atoms. The molecule has 2 amide bonds. The van der Waals surface area contributed by atoms with E-state index in [0.29, 0.717) is 0 Å². The van der Waals surface area contributed by atoms with Crippen molar-refractivity contribution < 1.29 is 9.59 Å². The lowest BCUT2D eigenvalue weighted by Crippen LogP contribution is -2.41. The number of nitrogens with one attached hydrogen (secondary N) is 3. The summed E-state index contributed by atoms with van der Waals surface area (Å²) in [6, 6.07) is 8.72. The number of H-pyrrole nitrogens is 1. The topological polar surface area (TPSA) is 99.8 Å². The quantitative estimate of drug-likeness (QED) is 0.712. The van der Waals surface area contributed by atoms with Crippen LogP contribution in [0.25, 0.3) is 6.08 Å². The second kappa shape index (κ2) is 6.99. The van der Waals surface area contributed by atoms with Crippen molar-refractivity contribution in [1.82, 2.24) is 20.5 Å². The minimum absolute atomic E-state index is 0.237. The first kappa shape index (κ1) is 14.4. The van der Waals surface area contributed by atoms with Gasteiger partial charge in [0.2, 0.25) is 17.8 Å². The maximum Gasteiger partial charge on any atom is 0.249 e. The molecule has 1 unspecified atom stereocenters. The zero-order chi connectivity index (χ0) is 15.1. The van der Waals surface area contributed by atoms with Gasteiger partial charge in [0.15, 0.2) is 0 Å². The van der Waals surface area contributed by atoms with Crippen LogP contribution in [0.3, 0.4) is 0 Å². The van der Waals surface area contributed by atoms with E-state index in [0.717, 1.165) is 5.56 Å². The highest BCUT2D eigenvalue weighted by atomic mass is 16.2. The van der Waals surface area contributed by atoms with E-state index >= 15 is 0 Å². The van der Waals surface area contributed by atoms with Gasteiger partial charge in [-0.15, -0.1) is 0 Å². The first-order valence-corrected chi connectivity index (χ1v) is 6.35. The summed E-state index contributed by atoms with van der Waals surface area (Å²) in [5.74, 6) is -0.492. The Kier molecular flexibility index (Phi) is 4.81. The van der Waals surface area contributed by atoms with Gasteiger partial charge < -0.3 is 5.32 Å². The highest BCUT2D eigenvalue weighted by Gasteiger charge is 2.15. The minimum Gasteiger partial charge on any atom is -0.341 e. The number of amides is 2. The van der Waals surface area contributed by atoms with Crippen LogP contribution in [-0.2, 0) is 9.59 Å². The molecule has 0 aliphatic rings. The van der Waals surface area contributed by atoms with Crippen molar-refractivity contribution in [2.75, 3.05) is 5.32 Å². The maximum atomic E-state index is 11.8. The lowest BCUT2D eigenvalue weighted by atomic mass is 10.2. The van der Waals surface area contributed by atoms with Gasteiger partial charge in [-0.05, 0) is 18.6 Å². The van der Waals surface area contributed by atoms with Crippen LogP contribution in [0.5, 0.6) is 0 Å². The second-order valence-corrected chi connectivity index (χ2v) is 4.30. The average molecular weight is 285 g/mol. The van der Waals surface area contributed by atoms with E-state index in [9.17, 15) is 9.59 Å². The van der Waals surface area contributed by atoms with Crippen molar-refractivity contribution in [3.63, 3.8) is 0 Å². The molecule has 0 saturated carbocycles. The Bertz CT molecular complexity index is 622. The van der Waals surface area contributed by atoms with E-state index in [1.54, 1.807) is 13.0 Å². The fourth-order valence-electron chi connectivity index (χ4n) is 1.55. The Labute approximate surface area is 121 Å². The Morgan fingerprint density at radius 2 is 2.05 bits per heavy atom. The molecule has 1 aromatic carbocycles. The lowest BCUT2D eigenvalue weighted by molar-refractivity contribution is -0.123. The fraction of sp³-hybridized carbons (Fsp3) is 0.143. The summed E-state index contributed by atoms with van der Waals surface area (Å²) in [7, 11) is 0. The Hall–Kier alpha value is -2.96. The first-order valence-electron chi connectivity index (χ1n) is 6.35. The van der Waals surface area contributed by atoms with E-state index in [4.69, 9.17) is 0 Å². The molecule has 0 aliphatic heterocycles. The van der Waals surface area contributed by atoms with Crippen molar-refractivity contribution in [3.05, 3.63) is 48.3 Å². The van der Waals surface area contributed by atoms with E-state index in [1.165, 1.54) is 12.4 Å². The van der Waals surface area contributed by atoms with Crippen LogP contribution in [0.2, 0.25) is 0 Å². The fourth-order valence-corrected chi connectivity index (χ4v) is 1.55. The zero-order valence-electron chi connectivity index (χ0n) is 11.4. The lowest BCUT2D eigenvalue weighted by Gasteiger charge is -2.11. The summed E-state index contributed by atoms with van der Waals surface area (Å²) in [6.45, 7) is 1.58. The third kappa shape index (κ3) is 4.57. The number of aromatic amines is 1. The van der Waals surface area contributed by atoms with Crippen LogP contribution in [0, 0.1) is 0 Å². The third-order valence-electron chi connectivity index (χ3n) is 2.64. The van der Waals surface area contributed by atoms with Gasteiger partial charge >= 0.3 is 0 Å². The monoisotopic (exact) mass is 285 g/mol. The van der Waals surface area contributed by atoms with Crippen molar-refractivity contribution in [2.45, 2.75) is 13.0 Å². The van der Waals surface area contributed by atoms with Crippen molar-refractivity contribution in [1.29, 1.82) is 0 Å². The van der Waals surface area contributed by atoms with Gasteiger partial charge in [0, 0.05) is 6.08 Å². The highest BCUT2D eigenvalue weighted by Crippen LogP contribution is 2.01. The smallest absolute Gasteiger partial charge is 0.249 e. The summed E-state index contributed by atoms with van der Waals surface area (Å²) >= 11 is 0. The molecular weight excluding hydrogens is 270 g/mol. The van der Waals surface area contributed by atoms with Crippen molar-refractivity contribution in [3.8, 4) is 0 Å². The number of nitrogens with zero attached hydrogens (tertiary/aromatic N) is 2. The molecule has 1 heterocycles. The molecular formula is C14H15N5O2. The predicted octanol–water partition coefficient (Wildman–Crippen LogP) is 0.961. The molecule has 0 saturated heterocycles. The van der Waals surface area contributed by atoms with Crippen LogP contribution < -0.4 is 10.6 Å². The molecule has 7 heteroatoms. The van der Waals surface area contributed by atoms with E-state index in [2.05, 4.69) is 25.8 Å². The molecule has 108 valence electrons. The summed E-state index contributed by atoms with van der Waals surface area (Å²) in [4.78, 5) is 27.3. The number of rotatable bonds is 5. The number of benzene rings is 1. The summed E-state index contributed by atoms with van der Waals surface area (Å²) in [5, 5.41) is 11.2. The molecule has 1 aromatic heterocycles. The largest absolute Gasteiger partial charge is 0.341 e. The number of anilines is 1. The molecule has 2 rings (SSSR count). The first-order chi connectivity index (χ1) is 10.1.